The van der Waals surface area contributed by atoms with Gasteiger partial charge in [-0.15, -0.1) is 11.3 Å². The summed E-state index contributed by atoms with van der Waals surface area (Å²) in [5.74, 6) is 1.08. The molecule has 0 aliphatic carbocycles. The number of fused-ring (bicyclic) bond motifs is 2. The highest BCUT2D eigenvalue weighted by Crippen LogP contribution is 2.36. The van der Waals surface area contributed by atoms with E-state index in [1.54, 1.807) is 31.9 Å². The molecule has 6 nitrogen and oxygen atoms in total. The van der Waals surface area contributed by atoms with Crippen LogP contribution in [0.3, 0.4) is 0 Å². The fraction of sp³-hybridized carbons (Fsp3) is 0.118. The average Bonchev–Trinajstić information content (AvgIpc) is 3.25. The minimum Gasteiger partial charge on any atom is -0.497 e. The van der Waals surface area contributed by atoms with Crippen LogP contribution in [0, 0.1) is 0 Å². The van der Waals surface area contributed by atoms with Crippen LogP contribution in [0.15, 0.2) is 35.8 Å². The third-order valence-electron chi connectivity index (χ3n) is 3.70. The zero-order chi connectivity index (χ0) is 17.4. The van der Waals surface area contributed by atoms with Crippen LogP contribution in [0.2, 0.25) is 0 Å². The van der Waals surface area contributed by atoms with E-state index in [4.69, 9.17) is 9.47 Å². The number of aromatic nitrogens is 2. The number of thiazole rings is 2. The summed E-state index contributed by atoms with van der Waals surface area (Å²) in [5.41, 5.74) is 3.92. The Morgan fingerprint density at radius 1 is 1.12 bits per heavy atom. The summed E-state index contributed by atoms with van der Waals surface area (Å²) < 4.78 is 12.5. The molecule has 1 amide bonds. The first-order chi connectivity index (χ1) is 12.2. The van der Waals surface area contributed by atoms with Crippen molar-refractivity contribution in [2.24, 2.45) is 0 Å². The molecule has 0 saturated carbocycles. The van der Waals surface area contributed by atoms with Crippen molar-refractivity contribution in [1.29, 1.82) is 0 Å². The number of carbonyl (C=O) groups excluding carboxylic acids is 1. The Bertz CT molecular complexity index is 1090. The van der Waals surface area contributed by atoms with Crippen molar-refractivity contribution in [3.05, 3.63) is 41.4 Å². The normalized spacial score (nSPS) is 11.0. The number of benzene rings is 2. The summed E-state index contributed by atoms with van der Waals surface area (Å²) in [6.07, 6.45) is 0. The second-order valence-corrected chi connectivity index (χ2v) is 7.10. The molecule has 0 aliphatic rings. The molecule has 0 bridgehead atoms. The fourth-order valence-electron chi connectivity index (χ4n) is 2.47. The van der Waals surface area contributed by atoms with E-state index in [2.05, 4.69) is 15.3 Å². The third-order valence-corrected chi connectivity index (χ3v) is 5.41. The maximum absolute atomic E-state index is 12.5. The van der Waals surface area contributed by atoms with Crippen molar-refractivity contribution < 1.29 is 14.3 Å². The molecule has 2 heterocycles. The van der Waals surface area contributed by atoms with Crippen molar-refractivity contribution in [2.75, 3.05) is 19.5 Å². The predicted molar refractivity (Wildman–Crippen MR) is 100 cm³/mol. The standard InChI is InChI=1S/C17H13N3O3S2/c1-22-10-6-12(23-2)15-14(7-10)25-17(19-15)20-16(21)9-3-4-11-13(5-9)24-8-18-11/h3-8H,1-2H3,(H,19,20,21). The average molecular weight is 371 g/mol. The van der Waals surface area contributed by atoms with Gasteiger partial charge in [0.1, 0.15) is 17.0 Å². The molecule has 0 fully saturated rings. The maximum Gasteiger partial charge on any atom is 0.257 e. The smallest absolute Gasteiger partial charge is 0.257 e. The maximum atomic E-state index is 12.5. The number of anilines is 1. The van der Waals surface area contributed by atoms with Crippen molar-refractivity contribution in [3.8, 4) is 11.5 Å². The Balaban J connectivity index is 1.66. The number of carbonyl (C=O) groups is 1. The van der Waals surface area contributed by atoms with Crippen LogP contribution in [-0.2, 0) is 0 Å². The molecule has 4 aromatic rings. The quantitative estimate of drug-likeness (QED) is 0.583. The van der Waals surface area contributed by atoms with Crippen LogP contribution in [0.25, 0.3) is 20.4 Å². The number of hydrogen-bond donors (Lipinski definition) is 1. The molecule has 2 aromatic carbocycles. The molecule has 0 unspecified atom stereocenters. The van der Waals surface area contributed by atoms with E-state index in [-0.39, 0.29) is 5.91 Å². The van der Waals surface area contributed by atoms with Crippen LogP contribution in [0.1, 0.15) is 10.4 Å². The van der Waals surface area contributed by atoms with Crippen LogP contribution in [0.5, 0.6) is 11.5 Å². The molecule has 126 valence electrons. The number of amides is 1. The molecular weight excluding hydrogens is 358 g/mol. The van der Waals surface area contributed by atoms with Crippen LogP contribution >= 0.6 is 22.7 Å². The number of rotatable bonds is 4. The molecule has 4 rings (SSSR count). The summed E-state index contributed by atoms with van der Waals surface area (Å²) in [6, 6.07) is 9.07. The highest BCUT2D eigenvalue weighted by Gasteiger charge is 2.14. The van der Waals surface area contributed by atoms with Gasteiger partial charge in [0.05, 0.1) is 34.6 Å². The lowest BCUT2D eigenvalue weighted by molar-refractivity contribution is 0.102. The summed E-state index contributed by atoms with van der Waals surface area (Å²) >= 11 is 2.88. The van der Waals surface area contributed by atoms with Gasteiger partial charge in [-0.2, -0.15) is 0 Å². The van der Waals surface area contributed by atoms with Crippen molar-refractivity contribution >= 4 is 54.1 Å². The largest absolute Gasteiger partial charge is 0.497 e. The van der Waals surface area contributed by atoms with Crippen molar-refractivity contribution in [1.82, 2.24) is 9.97 Å². The van der Waals surface area contributed by atoms with E-state index >= 15 is 0 Å². The minimum atomic E-state index is -0.208. The lowest BCUT2D eigenvalue weighted by Gasteiger charge is -2.03. The molecule has 2 aromatic heterocycles. The Hall–Kier alpha value is -2.71. The first-order valence-corrected chi connectivity index (χ1v) is 9.04. The predicted octanol–water partition coefficient (Wildman–Crippen LogP) is 4.18. The lowest BCUT2D eigenvalue weighted by atomic mass is 10.2. The van der Waals surface area contributed by atoms with Gasteiger partial charge < -0.3 is 9.47 Å². The second kappa shape index (κ2) is 6.30. The molecule has 0 atom stereocenters. The van der Waals surface area contributed by atoms with Gasteiger partial charge >= 0.3 is 0 Å². The molecule has 0 saturated heterocycles. The van der Waals surface area contributed by atoms with Crippen molar-refractivity contribution in [2.45, 2.75) is 0 Å². The Morgan fingerprint density at radius 3 is 2.80 bits per heavy atom. The van der Waals surface area contributed by atoms with Crippen LogP contribution in [0.4, 0.5) is 5.13 Å². The molecule has 0 aliphatic heterocycles. The molecule has 0 spiro atoms. The summed E-state index contributed by atoms with van der Waals surface area (Å²) in [4.78, 5) is 21.2. The Kier molecular flexibility index (Phi) is 3.98. The minimum absolute atomic E-state index is 0.208. The lowest BCUT2D eigenvalue weighted by Crippen LogP contribution is -2.11. The fourth-order valence-corrected chi connectivity index (χ4v) is 4.09. The topological polar surface area (TPSA) is 73.3 Å². The van der Waals surface area contributed by atoms with Gasteiger partial charge in [0.15, 0.2) is 5.13 Å². The molecular formula is C17H13N3O3S2. The molecule has 25 heavy (non-hydrogen) atoms. The zero-order valence-corrected chi connectivity index (χ0v) is 15.0. The van der Waals surface area contributed by atoms with E-state index in [1.165, 1.54) is 22.7 Å². The number of nitrogens with zero attached hydrogens (tertiary/aromatic N) is 2. The summed E-state index contributed by atoms with van der Waals surface area (Å²) in [6.45, 7) is 0. The number of methoxy groups -OCH3 is 2. The highest BCUT2D eigenvalue weighted by molar-refractivity contribution is 7.22. The number of nitrogens with one attached hydrogen (secondary N) is 1. The molecule has 0 radical (unpaired) electrons. The van der Waals surface area contributed by atoms with E-state index in [0.29, 0.717) is 27.7 Å². The highest BCUT2D eigenvalue weighted by atomic mass is 32.1. The van der Waals surface area contributed by atoms with Gasteiger partial charge in [0.25, 0.3) is 5.91 Å². The van der Waals surface area contributed by atoms with Crippen LogP contribution in [-0.4, -0.2) is 30.1 Å². The van der Waals surface area contributed by atoms with Crippen LogP contribution < -0.4 is 14.8 Å². The van der Waals surface area contributed by atoms with E-state index in [9.17, 15) is 4.79 Å². The van der Waals surface area contributed by atoms with Gasteiger partial charge in [-0.3, -0.25) is 10.1 Å². The van der Waals surface area contributed by atoms with E-state index < -0.39 is 0 Å². The Morgan fingerprint density at radius 2 is 2.00 bits per heavy atom. The third kappa shape index (κ3) is 2.90. The van der Waals surface area contributed by atoms with E-state index in [0.717, 1.165) is 14.9 Å². The first kappa shape index (κ1) is 15.8. The second-order valence-electron chi connectivity index (χ2n) is 5.18. The number of ether oxygens (including phenoxy) is 2. The van der Waals surface area contributed by atoms with Gasteiger partial charge in [0, 0.05) is 11.6 Å². The summed E-state index contributed by atoms with van der Waals surface area (Å²) in [5, 5.41) is 3.36. The van der Waals surface area contributed by atoms with E-state index in [1.807, 2.05) is 18.2 Å². The molecule has 8 heteroatoms. The zero-order valence-electron chi connectivity index (χ0n) is 13.4. The van der Waals surface area contributed by atoms with Gasteiger partial charge in [-0.1, -0.05) is 11.3 Å². The van der Waals surface area contributed by atoms with Gasteiger partial charge in [0.2, 0.25) is 0 Å². The molecule has 1 N–H and O–H groups in total. The van der Waals surface area contributed by atoms with Gasteiger partial charge in [-0.25, -0.2) is 9.97 Å². The monoisotopic (exact) mass is 371 g/mol. The van der Waals surface area contributed by atoms with Crippen molar-refractivity contribution in [3.63, 3.8) is 0 Å². The first-order valence-electron chi connectivity index (χ1n) is 7.35. The summed E-state index contributed by atoms with van der Waals surface area (Å²) in [7, 11) is 3.18. The number of hydrogen-bond acceptors (Lipinski definition) is 7. The SMILES string of the molecule is COc1cc(OC)c2nc(NC(=O)c3ccc4ncsc4c3)sc2c1. The Labute approximate surface area is 151 Å². The van der Waals surface area contributed by atoms with Gasteiger partial charge in [-0.05, 0) is 24.3 Å².